The number of hydrogen-bond acceptors (Lipinski definition) is 6. The maximum atomic E-state index is 13.3. The fraction of sp³-hybridized carbons (Fsp3) is 0.150. The van der Waals surface area contributed by atoms with Gasteiger partial charge in [-0.3, -0.25) is 15.1 Å². The molecule has 0 saturated carbocycles. The summed E-state index contributed by atoms with van der Waals surface area (Å²) >= 11 is 13.2. The van der Waals surface area contributed by atoms with Gasteiger partial charge in [0.05, 0.1) is 26.5 Å². The molecule has 0 atom stereocenters. The third-order valence-electron chi connectivity index (χ3n) is 4.87. The van der Waals surface area contributed by atoms with E-state index < -0.39 is 5.54 Å². The first kappa shape index (κ1) is 21.0. The highest BCUT2D eigenvalue weighted by molar-refractivity contribution is 7.81. The fourth-order valence-electron chi connectivity index (χ4n) is 3.41. The van der Waals surface area contributed by atoms with Crippen LogP contribution in [0.25, 0.3) is 10.2 Å². The predicted octanol–water partition coefficient (Wildman–Crippen LogP) is 4.04. The van der Waals surface area contributed by atoms with Crippen molar-refractivity contribution < 1.29 is 4.79 Å². The number of benzene rings is 2. The lowest BCUT2D eigenvalue weighted by atomic mass is 10.0. The summed E-state index contributed by atoms with van der Waals surface area (Å²) in [6, 6.07) is 12.4. The number of carbonyl (C=O) groups is 1. The maximum Gasteiger partial charge on any atom is 0.259 e. The minimum atomic E-state index is -0.957. The Kier molecular flexibility index (Phi) is 5.05. The highest BCUT2D eigenvalue weighted by Crippen LogP contribution is 2.39. The third kappa shape index (κ3) is 3.46. The van der Waals surface area contributed by atoms with Crippen molar-refractivity contribution >= 4 is 78.9 Å². The molecule has 0 radical (unpaired) electrons. The molecule has 1 fully saturated rings. The van der Waals surface area contributed by atoms with E-state index in [1.807, 2.05) is 24.3 Å². The van der Waals surface area contributed by atoms with Crippen molar-refractivity contribution in [2.75, 3.05) is 15.1 Å². The minimum absolute atomic E-state index is 0.191. The van der Waals surface area contributed by atoms with E-state index in [9.17, 15) is 4.79 Å². The first-order chi connectivity index (χ1) is 14.6. The van der Waals surface area contributed by atoms with Gasteiger partial charge in [0.15, 0.2) is 16.2 Å². The summed E-state index contributed by atoms with van der Waals surface area (Å²) < 4.78 is 0.900. The van der Waals surface area contributed by atoms with Crippen LogP contribution in [0.3, 0.4) is 0 Å². The minimum Gasteiger partial charge on any atom is -0.370 e. The smallest absolute Gasteiger partial charge is 0.259 e. The number of nitrogens with two attached hydrogens (primary N) is 1. The van der Waals surface area contributed by atoms with Gasteiger partial charge < -0.3 is 16.0 Å². The molecule has 0 bridgehead atoms. The van der Waals surface area contributed by atoms with Crippen molar-refractivity contribution in [3.05, 3.63) is 47.0 Å². The number of amides is 1. The topological polar surface area (TPSA) is 122 Å². The van der Waals surface area contributed by atoms with Crippen molar-refractivity contribution in [2.24, 2.45) is 5.73 Å². The lowest BCUT2D eigenvalue weighted by Gasteiger charge is -2.29. The number of hydrogen-bond donors (Lipinski definition) is 3. The second kappa shape index (κ2) is 7.46. The molecule has 0 aliphatic carbocycles. The van der Waals surface area contributed by atoms with Crippen LogP contribution < -0.4 is 20.9 Å². The maximum absolute atomic E-state index is 13.3. The zero-order chi connectivity index (χ0) is 22.5. The average molecular weight is 470 g/mol. The van der Waals surface area contributed by atoms with Crippen LogP contribution in [0.5, 0.6) is 0 Å². The van der Waals surface area contributed by atoms with Crippen molar-refractivity contribution in [3.8, 4) is 6.07 Å². The van der Waals surface area contributed by atoms with Crippen LogP contribution in [0.1, 0.15) is 19.4 Å². The molecule has 0 spiro atoms. The molecular weight excluding hydrogens is 454 g/mol. The summed E-state index contributed by atoms with van der Waals surface area (Å²) in [5.74, 6) is -0.404. The number of nitrogens with one attached hydrogen (secondary N) is 2. The summed E-state index contributed by atoms with van der Waals surface area (Å²) in [6.45, 7) is 3.59. The first-order valence-corrected chi connectivity index (χ1v) is 10.6. The van der Waals surface area contributed by atoms with E-state index in [-0.39, 0.29) is 16.9 Å². The van der Waals surface area contributed by atoms with E-state index in [1.54, 1.807) is 36.9 Å². The third-order valence-corrected chi connectivity index (χ3v) is 6.50. The van der Waals surface area contributed by atoms with Gasteiger partial charge in [0, 0.05) is 5.69 Å². The molecule has 31 heavy (non-hydrogen) atoms. The Labute approximate surface area is 192 Å². The van der Waals surface area contributed by atoms with Crippen molar-refractivity contribution in [2.45, 2.75) is 19.4 Å². The van der Waals surface area contributed by atoms with Crippen LogP contribution in [-0.2, 0) is 4.79 Å². The van der Waals surface area contributed by atoms with E-state index in [2.05, 4.69) is 10.3 Å². The van der Waals surface area contributed by atoms with Crippen LogP contribution in [0.15, 0.2) is 36.4 Å². The van der Waals surface area contributed by atoms with E-state index in [1.165, 1.54) is 16.2 Å². The summed E-state index contributed by atoms with van der Waals surface area (Å²) in [5.41, 5.74) is 6.65. The quantitative estimate of drug-likeness (QED) is 0.300. The Morgan fingerprint density at radius 3 is 2.68 bits per heavy atom. The number of nitriles is 1. The van der Waals surface area contributed by atoms with Crippen molar-refractivity contribution in [3.63, 3.8) is 0 Å². The normalized spacial score (nSPS) is 15.4. The molecule has 2 aromatic carbocycles. The zero-order valence-electron chi connectivity index (χ0n) is 16.4. The fourth-order valence-corrected chi connectivity index (χ4v) is 5.01. The number of rotatable bonds is 3. The molecule has 3 aromatic rings. The van der Waals surface area contributed by atoms with Gasteiger partial charge in [-0.15, -0.1) is 0 Å². The SMILES string of the molecule is CC1(C)C(=O)N(c2ccc(C#N)c(Cl)c2)C(=S)N1c1ccc2sc(NC(=N)N)nc2c1. The second-order valence-corrected chi connectivity index (χ2v) is 9.11. The van der Waals surface area contributed by atoms with E-state index in [0.717, 1.165) is 4.70 Å². The number of halogens is 1. The zero-order valence-corrected chi connectivity index (χ0v) is 18.8. The van der Waals surface area contributed by atoms with Gasteiger partial charge in [0.1, 0.15) is 11.6 Å². The van der Waals surface area contributed by atoms with Gasteiger partial charge in [-0.05, 0) is 62.5 Å². The van der Waals surface area contributed by atoms with E-state index in [4.69, 9.17) is 40.2 Å². The summed E-state index contributed by atoms with van der Waals surface area (Å²) in [7, 11) is 0. The van der Waals surface area contributed by atoms with Crippen LogP contribution in [-0.4, -0.2) is 27.5 Å². The summed E-state index contributed by atoms with van der Waals surface area (Å²) in [4.78, 5) is 21.0. The van der Waals surface area contributed by atoms with E-state index >= 15 is 0 Å². The molecule has 11 heteroatoms. The number of thiazole rings is 1. The number of aromatic nitrogens is 1. The van der Waals surface area contributed by atoms with Crippen LogP contribution in [0.2, 0.25) is 5.02 Å². The van der Waals surface area contributed by atoms with Crippen molar-refractivity contribution in [1.82, 2.24) is 4.98 Å². The molecule has 1 aromatic heterocycles. The molecule has 1 saturated heterocycles. The van der Waals surface area contributed by atoms with Crippen molar-refractivity contribution in [1.29, 1.82) is 10.7 Å². The molecule has 1 amide bonds. The highest BCUT2D eigenvalue weighted by atomic mass is 35.5. The number of anilines is 3. The largest absolute Gasteiger partial charge is 0.370 e. The van der Waals surface area contributed by atoms with Crippen LogP contribution in [0.4, 0.5) is 16.5 Å². The monoisotopic (exact) mass is 469 g/mol. The molecular formula is C20H16ClN7OS2. The molecule has 0 unspecified atom stereocenters. The second-order valence-electron chi connectivity index (χ2n) is 7.30. The molecule has 4 rings (SSSR count). The standard InChI is InChI=1S/C20H16ClN7OS2/c1-20(2)16(29)27(11-4-3-10(9-22)13(21)7-11)19(30)28(20)12-5-6-15-14(8-12)25-18(31-15)26-17(23)24/h3-8H,1-2H3,(H4,23,24,25,26). The van der Waals surface area contributed by atoms with E-state index in [0.29, 0.717) is 32.7 Å². The molecule has 2 heterocycles. The molecule has 1 aliphatic heterocycles. The summed E-state index contributed by atoms with van der Waals surface area (Å²) in [6.07, 6.45) is 0. The highest BCUT2D eigenvalue weighted by Gasteiger charge is 2.50. The average Bonchev–Trinajstić information content (AvgIpc) is 3.16. The molecule has 1 aliphatic rings. The van der Waals surface area contributed by atoms with Gasteiger partial charge in [-0.25, -0.2) is 4.98 Å². The molecule has 8 nitrogen and oxygen atoms in total. The number of fused-ring (bicyclic) bond motifs is 1. The van der Waals surface area contributed by atoms with Crippen LogP contribution in [0, 0.1) is 16.7 Å². The number of thiocarbonyl (C=S) groups is 1. The van der Waals surface area contributed by atoms with Gasteiger partial charge in [-0.2, -0.15) is 5.26 Å². The Balaban J connectivity index is 1.75. The Hall–Kier alpha value is -3.26. The number of nitrogens with zero attached hydrogens (tertiary/aromatic N) is 4. The van der Waals surface area contributed by atoms with Gasteiger partial charge >= 0.3 is 0 Å². The Bertz CT molecular complexity index is 1310. The lowest BCUT2D eigenvalue weighted by molar-refractivity contribution is -0.120. The van der Waals surface area contributed by atoms with Gasteiger partial charge in [-0.1, -0.05) is 22.9 Å². The number of guanidine groups is 1. The van der Waals surface area contributed by atoms with Gasteiger partial charge in [0.25, 0.3) is 5.91 Å². The van der Waals surface area contributed by atoms with Gasteiger partial charge in [0.2, 0.25) is 0 Å². The lowest BCUT2D eigenvalue weighted by Crippen LogP contribution is -2.44. The Morgan fingerprint density at radius 2 is 2.03 bits per heavy atom. The predicted molar refractivity (Wildman–Crippen MR) is 128 cm³/mol. The Morgan fingerprint density at radius 1 is 1.32 bits per heavy atom. The van der Waals surface area contributed by atoms with Crippen LogP contribution >= 0.6 is 35.2 Å². The molecule has 156 valence electrons. The summed E-state index contributed by atoms with van der Waals surface area (Å²) in [5, 5.41) is 20.2. The molecule has 4 N–H and O–H groups in total. The first-order valence-electron chi connectivity index (χ1n) is 9.03. The number of carbonyl (C=O) groups excluding carboxylic acids is 1.